The molecule has 1 N–H and O–H groups in total. The normalized spacial score (nSPS) is 11.7. The van der Waals surface area contributed by atoms with Crippen LogP contribution in [0, 0.1) is 0 Å². The van der Waals surface area contributed by atoms with Crippen molar-refractivity contribution in [2.24, 2.45) is 0 Å². The van der Waals surface area contributed by atoms with E-state index in [0.717, 1.165) is 0 Å². The summed E-state index contributed by atoms with van der Waals surface area (Å²) in [5.74, 6) is 0. The van der Waals surface area contributed by atoms with Crippen LogP contribution < -0.4 is 5.32 Å². The lowest BCUT2D eigenvalue weighted by Crippen LogP contribution is -2.32. The summed E-state index contributed by atoms with van der Waals surface area (Å²) >= 11 is 0. The zero-order valence-electron chi connectivity index (χ0n) is 14.0. The van der Waals surface area contributed by atoms with Crippen molar-refractivity contribution < 1.29 is 0 Å². The Morgan fingerprint density at radius 3 is 1.95 bits per heavy atom. The minimum atomic E-state index is 0.711. The van der Waals surface area contributed by atoms with Crippen LogP contribution in [-0.2, 0) is 0 Å². The fourth-order valence-corrected chi connectivity index (χ4v) is 2.41. The summed E-state index contributed by atoms with van der Waals surface area (Å²) in [6, 6.07) is 0.711. The Hall–Kier alpha value is -0.0800. The van der Waals surface area contributed by atoms with E-state index < -0.39 is 0 Å². The van der Waals surface area contributed by atoms with Crippen molar-refractivity contribution in [2.75, 3.05) is 26.2 Å². The molecule has 0 aromatic rings. The lowest BCUT2D eigenvalue weighted by atomic mass is 10.1. The first-order valence-corrected chi connectivity index (χ1v) is 8.67. The third kappa shape index (κ3) is 12.7. The Morgan fingerprint density at radius 2 is 1.37 bits per heavy atom. The SMILES string of the molecule is CCCCCN(CCCCCCNCCC)C(C)C. The topological polar surface area (TPSA) is 15.3 Å². The highest BCUT2D eigenvalue weighted by Crippen LogP contribution is 2.07. The van der Waals surface area contributed by atoms with Gasteiger partial charge in [0.1, 0.15) is 0 Å². The number of hydrogen-bond donors (Lipinski definition) is 1. The summed E-state index contributed by atoms with van der Waals surface area (Å²) in [7, 11) is 0. The molecule has 0 heterocycles. The molecule has 0 aliphatic rings. The van der Waals surface area contributed by atoms with Crippen LogP contribution in [0.3, 0.4) is 0 Å². The van der Waals surface area contributed by atoms with E-state index in [4.69, 9.17) is 0 Å². The van der Waals surface area contributed by atoms with Crippen molar-refractivity contribution in [3.05, 3.63) is 0 Å². The van der Waals surface area contributed by atoms with E-state index in [1.807, 2.05) is 0 Å². The average Bonchev–Trinajstić information content (AvgIpc) is 2.39. The van der Waals surface area contributed by atoms with E-state index in [9.17, 15) is 0 Å². The van der Waals surface area contributed by atoms with Gasteiger partial charge in [-0.3, -0.25) is 0 Å². The van der Waals surface area contributed by atoms with Gasteiger partial charge in [0, 0.05) is 6.04 Å². The van der Waals surface area contributed by atoms with Crippen molar-refractivity contribution in [2.45, 2.75) is 85.1 Å². The molecule has 0 aliphatic heterocycles. The van der Waals surface area contributed by atoms with Gasteiger partial charge in [0.05, 0.1) is 0 Å². The molecule has 2 heteroatoms. The third-order valence-corrected chi connectivity index (χ3v) is 3.75. The molecular weight excluding hydrogens is 232 g/mol. The lowest BCUT2D eigenvalue weighted by Gasteiger charge is -2.26. The molecule has 0 spiro atoms. The maximum atomic E-state index is 3.48. The molecule has 0 saturated heterocycles. The van der Waals surface area contributed by atoms with E-state index in [1.54, 1.807) is 0 Å². The van der Waals surface area contributed by atoms with Crippen molar-refractivity contribution in [3.8, 4) is 0 Å². The summed E-state index contributed by atoms with van der Waals surface area (Å²) in [6.07, 6.45) is 10.8. The predicted octanol–water partition coefficient (Wildman–Crippen LogP) is 4.45. The molecule has 0 amide bonds. The van der Waals surface area contributed by atoms with Crippen LogP contribution in [-0.4, -0.2) is 37.1 Å². The van der Waals surface area contributed by atoms with Gasteiger partial charge in [-0.25, -0.2) is 0 Å². The van der Waals surface area contributed by atoms with Gasteiger partial charge < -0.3 is 10.2 Å². The van der Waals surface area contributed by atoms with Crippen molar-refractivity contribution in [1.82, 2.24) is 10.2 Å². The molecule has 0 aromatic carbocycles. The number of hydrogen-bond acceptors (Lipinski definition) is 2. The van der Waals surface area contributed by atoms with Crippen LogP contribution in [0.1, 0.15) is 79.1 Å². The summed E-state index contributed by atoms with van der Waals surface area (Å²) in [6.45, 7) is 14.2. The van der Waals surface area contributed by atoms with Crippen LogP contribution in [0.4, 0.5) is 0 Å². The van der Waals surface area contributed by atoms with Gasteiger partial charge in [-0.2, -0.15) is 0 Å². The molecule has 0 aliphatic carbocycles. The number of nitrogens with one attached hydrogen (secondary N) is 1. The van der Waals surface area contributed by atoms with E-state index >= 15 is 0 Å². The molecule has 116 valence electrons. The van der Waals surface area contributed by atoms with Gasteiger partial charge in [-0.15, -0.1) is 0 Å². The number of unbranched alkanes of at least 4 members (excludes halogenated alkanes) is 5. The molecular formula is C17H38N2. The van der Waals surface area contributed by atoms with Gasteiger partial charge in [-0.05, 0) is 65.7 Å². The Balaban J connectivity index is 3.43. The quantitative estimate of drug-likeness (QED) is 0.469. The minimum absolute atomic E-state index is 0.711. The van der Waals surface area contributed by atoms with Gasteiger partial charge in [-0.1, -0.05) is 39.5 Å². The van der Waals surface area contributed by atoms with Crippen molar-refractivity contribution in [1.29, 1.82) is 0 Å². The first-order chi connectivity index (χ1) is 9.22. The highest BCUT2D eigenvalue weighted by atomic mass is 15.1. The van der Waals surface area contributed by atoms with E-state index in [2.05, 4.69) is 37.9 Å². The summed E-state index contributed by atoms with van der Waals surface area (Å²) in [5.41, 5.74) is 0. The number of nitrogens with zero attached hydrogens (tertiary/aromatic N) is 1. The maximum Gasteiger partial charge on any atom is 0.00385 e. The highest BCUT2D eigenvalue weighted by molar-refractivity contribution is 4.63. The van der Waals surface area contributed by atoms with Crippen LogP contribution in [0.15, 0.2) is 0 Å². The molecule has 0 aromatic heterocycles. The molecule has 0 atom stereocenters. The summed E-state index contributed by atoms with van der Waals surface area (Å²) in [4.78, 5) is 2.66. The number of rotatable bonds is 14. The van der Waals surface area contributed by atoms with Gasteiger partial charge in [0.15, 0.2) is 0 Å². The van der Waals surface area contributed by atoms with Gasteiger partial charge >= 0.3 is 0 Å². The van der Waals surface area contributed by atoms with Crippen LogP contribution in [0.25, 0.3) is 0 Å². The summed E-state index contributed by atoms with van der Waals surface area (Å²) in [5, 5.41) is 3.48. The smallest absolute Gasteiger partial charge is 0.00385 e. The van der Waals surface area contributed by atoms with Crippen molar-refractivity contribution in [3.63, 3.8) is 0 Å². The second-order valence-corrected chi connectivity index (χ2v) is 6.00. The molecule has 0 radical (unpaired) electrons. The second-order valence-electron chi connectivity index (χ2n) is 6.00. The molecule has 0 fully saturated rings. The zero-order valence-corrected chi connectivity index (χ0v) is 14.0. The van der Waals surface area contributed by atoms with Crippen LogP contribution in [0.2, 0.25) is 0 Å². The predicted molar refractivity (Wildman–Crippen MR) is 87.9 cm³/mol. The molecule has 0 rings (SSSR count). The van der Waals surface area contributed by atoms with E-state index in [0.29, 0.717) is 6.04 Å². The highest BCUT2D eigenvalue weighted by Gasteiger charge is 2.07. The zero-order chi connectivity index (χ0) is 14.3. The second kappa shape index (κ2) is 14.3. The summed E-state index contributed by atoms with van der Waals surface area (Å²) < 4.78 is 0. The molecule has 19 heavy (non-hydrogen) atoms. The first kappa shape index (κ1) is 18.9. The molecule has 0 unspecified atom stereocenters. The average molecular weight is 271 g/mol. The van der Waals surface area contributed by atoms with Crippen LogP contribution in [0.5, 0.6) is 0 Å². The van der Waals surface area contributed by atoms with E-state index in [-0.39, 0.29) is 0 Å². The Labute approximate surface area is 122 Å². The largest absolute Gasteiger partial charge is 0.317 e. The standard InChI is InChI=1S/C17H38N2/c1-5-7-11-15-19(17(3)4)16-12-9-8-10-14-18-13-6-2/h17-18H,5-16H2,1-4H3. The van der Waals surface area contributed by atoms with Crippen LogP contribution >= 0.6 is 0 Å². The van der Waals surface area contributed by atoms with E-state index in [1.165, 1.54) is 77.5 Å². The minimum Gasteiger partial charge on any atom is -0.317 e. The van der Waals surface area contributed by atoms with Crippen molar-refractivity contribution >= 4 is 0 Å². The molecule has 0 bridgehead atoms. The Morgan fingerprint density at radius 1 is 0.737 bits per heavy atom. The molecule has 0 saturated carbocycles. The maximum absolute atomic E-state index is 3.48. The third-order valence-electron chi connectivity index (χ3n) is 3.75. The van der Waals surface area contributed by atoms with Gasteiger partial charge in [0.2, 0.25) is 0 Å². The first-order valence-electron chi connectivity index (χ1n) is 8.67. The molecule has 2 nitrogen and oxygen atoms in total. The monoisotopic (exact) mass is 270 g/mol. The Bertz CT molecular complexity index is 169. The van der Waals surface area contributed by atoms with Gasteiger partial charge in [0.25, 0.3) is 0 Å². The Kier molecular flexibility index (Phi) is 14.3. The fraction of sp³-hybridized carbons (Fsp3) is 1.00. The lowest BCUT2D eigenvalue weighted by molar-refractivity contribution is 0.212. The fourth-order valence-electron chi connectivity index (χ4n) is 2.41.